The molecule has 0 aliphatic rings. The first-order chi connectivity index (χ1) is 26.8. The lowest BCUT2D eigenvalue weighted by molar-refractivity contribution is 0.669. The molecule has 54 heavy (non-hydrogen) atoms. The lowest BCUT2D eigenvalue weighted by atomic mass is 9.98. The predicted octanol–water partition coefficient (Wildman–Crippen LogP) is 14.9. The van der Waals surface area contributed by atoms with Crippen LogP contribution in [0.4, 0.5) is 17.1 Å². The zero-order valence-corrected chi connectivity index (χ0v) is 29.6. The minimum Gasteiger partial charge on any atom is -0.456 e. The number of furan rings is 1. The second-order valence-corrected chi connectivity index (χ2v) is 13.7. The van der Waals surface area contributed by atoms with Gasteiger partial charge in [-0.2, -0.15) is 0 Å². The van der Waals surface area contributed by atoms with Crippen molar-refractivity contribution < 1.29 is 4.42 Å². The number of rotatable bonds is 7. The number of anilines is 3. The minimum atomic E-state index is 0.873. The van der Waals surface area contributed by atoms with Gasteiger partial charge < -0.3 is 9.32 Å². The normalized spacial score (nSPS) is 11.3. The second-order valence-electron chi connectivity index (χ2n) is 13.7. The van der Waals surface area contributed by atoms with Gasteiger partial charge in [-0.1, -0.05) is 176 Å². The van der Waals surface area contributed by atoms with Crippen LogP contribution in [0.15, 0.2) is 217 Å². The molecular formula is C52H35NO. The van der Waals surface area contributed by atoms with Gasteiger partial charge in [-0.3, -0.25) is 0 Å². The van der Waals surface area contributed by atoms with Gasteiger partial charge in [-0.15, -0.1) is 0 Å². The average molecular weight is 690 g/mol. The molecule has 0 atom stereocenters. The Balaban J connectivity index is 1.10. The zero-order chi connectivity index (χ0) is 35.8. The maximum atomic E-state index is 6.56. The molecule has 0 fully saturated rings. The lowest BCUT2D eigenvalue weighted by Crippen LogP contribution is -2.10. The van der Waals surface area contributed by atoms with E-state index < -0.39 is 0 Å². The van der Waals surface area contributed by atoms with E-state index in [2.05, 4.69) is 211 Å². The fourth-order valence-electron chi connectivity index (χ4n) is 7.78. The highest BCUT2D eigenvalue weighted by molar-refractivity contribution is 6.22. The van der Waals surface area contributed by atoms with E-state index in [4.69, 9.17) is 4.42 Å². The van der Waals surface area contributed by atoms with Crippen molar-refractivity contribution in [1.82, 2.24) is 0 Å². The molecule has 0 N–H and O–H groups in total. The number of benzene rings is 9. The second kappa shape index (κ2) is 13.4. The van der Waals surface area contributed by atoms with Crippen LogP contribution in [0.2, 0.25) is 0 Å². The van der Waals surface area contributed by atoms with E-state index >= 15 is 0 Å². The molecule has 0 spiro atoms. The van der Waals surface area contributed by atoms with Gasteiger partial charge >= 0.3 is 0 Å². The molecule has 0 saturated heterocycles. The van der Waals surface area contributed by atoms with Crippen molar-refractivity contribution in [2.45, 2.75) is 0 Å². The van der Waals surface area contributed by atoms with Gasteiger partial charge in [0.1, 0.15) is 11.2 Å². The van der Waals surface area contributed by atoms with Gasteiger partial charge in [0.2, 0.25) is 0 Å². The van der Waals surface area contributed by atoms with E-state index in [1.165, 1.54) is 44.3 Å². The van der Waals surface area contributed by atoms with Crippen LogP contribution in [0.3, 0.4) is 0 Å². The van der Waals surface area contributed by atoms with Gasteiger partial charge in [-0.25, -0.2) is 0 Å². The molecule has 10 aromatic rings. The number of hydrogen-bond acceptors (Lipinski definition) is 2. The minimum absolute atomic E-state index is 0.873. The molecule has 0 bridgehead atoms. The Hall–Kier alpha value is -7.16. The van der Waals surface area contributed by atoms with Crippen LogP contribution in [0.25, 0.3) is 77.2 Å². The molecule has 0 unspecified atom stereocenters. The Morgan fingerprint density at radius 3 is 1.31 bits per heavy atom. The molecule has 9 aromatic carbocycles. The Morgan fingerprint density at radius 2 is 0.722 bits per heavy atom. The van der Waals surface area contributed by atoms with Gasteiger partial charge in [0.25, 0.3) is 0 Å². The SMILES string of the molecule is c1ccc(-c2ccc(-c3ccc(N(c4cccc(-c5ccc(-c6ccccc6)cc5)c4)c4cc5oc6ccccc6c5c5ccccc45)cc3)cc2)cc1. The van der Waals surface area contributed by atoms with Crippen LogP contribution in [0, 0.1) is 0 Å². The quantitative estimate of drug-likeness (QED) is 0.166. The van der Waals surface area contributed by atoms with Crippen molar-refractivity contribution in [2.24, 2.45) is 0 Å². The number of nitrogens with zero attached hydrogens (tertiary/aromatic N) is 1. The first-order valence-corrected chi connectivity index (χ1v) is 18.4. The maximum absolute atomic E-state index is 6.56. The highest BCUT2D eigenvalue weighted by Gasteiger charge is 2.21. The highest BCUT2D eigenvalue weighted by atomic mass is 16.3. The van der Waals surface area contributed by atoms with Crippen molar-refractivity contribution in [1.29, 1.82) is 0 Å². The molecule has 1 aromatic heterocycles. The fourth-order valence-corrected chi connectivity index (χ4v) is 7.78. The molecule has 0 amide bonds. The molecule has 0 radical (unpaired) electrons. The number of fused-ring (bicyclic) bond motifs is 5. The average Bonchev–Trinajstić information content (AvgIpc) is 3.64. The third kappa shape index (κ3) is 5.71. The maximum Gasteiger partial charge on any atom is 0.138 e. The topological polar surface area (TPSA) is 16.4 Å². The standard InChI is InChI=1S/C52H35NO/c1-3-12-36(13-4-1)38-22-24-40(25-23-38)41-30-32-44(33-31-41)53(45-17-11-16-43(34-45)42-28-26-39(27-29-42)37-14-5-2-6-15-37)49-35-51-52(47-19-8-7-18-46(47)49)48-20-9-10-21-50(48)54-51/h1-35H. The van der Waals surface area contributed by atoms with E-state index in [0.29, 0.717) is 0 Å². The summed E-state index contributed by atoms with van der Waals surface area (Å²) in [6.07, 6.45) is 0. The third-order valence-corrected chi connectivity index (χ3v) is 10.5. The lowest BCUT2D eigenvalue weighted by Gasteiger charge is -2.27. The molecule has 254 valence electrons. The largest absolute Gasteiger partial charge is 0.456 e. The molecule has 10 rings (SSSR count). The van der Waals surface area contributed by atoms with Crippen molar-refractivity contribution in [3.8, 4) is 44.5 Å². The van der Waals surface area contributed by atoms with E-state index in [0.717, 1.165) is 50.0 Å². The van der Waals surface area contributed by atoms with E-state index in [-0.39, 0.29) is 0 Å². The van der Waals surface area contributed by atoms with Crippen molar-refractivity contribution in [3.63, 3.8) is 0 Å². The summed E-state index contributed by atoms with van der Waals surface area (Å²) in [5, 5.41) is 4.61. The zero-order valence-electron chi connectivity index (χ0n) is 29.6. The third-order valence-electron chi connectivity index (χ3n) is 10.5. The Morgan fingerprint density at radius 1 is 0.278 bits per heavy atom. The van der Waals surface area contributed by atoms with E-state index in [1.54, 1.807) is 0 Å². The number of para-hydroxylation sites is 1. The van der Waals surface area contributed by atoms with Gasteiger partial charge in [0, 0.05) is 33.6 Å². The summed E-state index contributed by atoms with van der Waals surface area (Å²) in [4.78, 5) is 2.37. The molecule has 0 aliphatic heterocycles. The highest BCUT2D eigenvalue weighted by Crippen LogP contribution is 2.45. The van der Waals surface area contributed by atoms with E-state index in [1.807, 2.05) is 6.07 Å². The molecule has 0 aliphatic carbocycles. The Labute approximate surface area is 314 Å². The Bertz CT molecular complexity index is 2890. The van der Waals surface area contributed by atoms with Crippen molar-refractivity contribution in [3.05, 3.63) is 212 Å². The van der Waals surface area contributed by atoms with Gasteiger partial charge in [0.05, 0.1) is 5.69 Å². The fraction of sp³-hybridized carbons (Fsp3) is 0. The van der Waals surface area contributed by atoms with Crippen LogP contribution in [0.1, 0.15) is 0 Å². The van der Waals surface area contributed by atoms with E-state index in [9.17, 15) is 0 Å². The summed E-state index contributed by atoms with van der Waals surface area (Å²) in [5.41, 5.74) is 14.5. The van der Waals surface area contributed by atoms with Gasteiger partial charge in [-0.05, 0) is 80.2 Å². The molecule has 2 heteroatoms. The first-order valence-electron chi connectivity index (χ1n) is 18.4. The van der Waals surface area contributed by atoms with Crippen LogP contribution in [0.5, 0.6) is 0 Å². The summed E-state index contributed by atoms with van der Waals surface area (Å²) < 4.78 is 6.56. The predicted molar refractivity (Wildman–Crippen MR) is 228 cm³/mol. The molecule has 2 nitrogen and oxygen atoms in total. The summed E-state index contributed by atoms with van der Waals surface area (Å²) in [7, 11) is 0. The van der Waals surface area contributed by atoms with Crippen LogP contribution >= 0.6 is 0 Å². The Kier molecular flexibility index (Phi) is 7.85. The van der Waals surface area contributed by atoms with Gasteiger partial charge in [0.15, 0.2) is 0 Å². The summed E-state index contributed by atoms with van der Waals surface area (Å²) in [6, 6.07) is 75.8. The monoisotopic (exact) mass is 689 g/mol. The molecule has 0 saturated carbocycles. The van der Waals surface area contributed by atoms with Crippen molar-refractivity contribution in [2.75, 3.05) is 4.90 Å². The van der Waals surface area contributed by atoms with Crippen LogP contribution < -0.4 is 4.90 Å². The molecule has 1 heterocycles. The van der Waals surface area contributed by atoms with Crippen LogP contribution in [-0.2, 0) is 0 Å². The summed E-state index contributed by atoms with van der Waals surface area (Å²) in [6.45, 7) is 0. The first kappa shape index (κ1) is 31.6. The summed E-state index contributed by atoms with van der Waals surface area (Å²) in [5.74, 6) is 0. The smallest absolute Gasteiger partial charge is 0.138 e. The van der Waals surface area contributed by atoms with Crippen molar-refractivity contribution >= 4 is 49.8 Å². The number of hydrogen-bond donors (Lipinski definition) is 0. The molecular weight excluding hydrogens is 655 g/mol. The summed E-state index contributed by atoms with van der Waals surface area (Å²) >= 11 is 0. The van der Waals surface area contributed by atoms with Crippen LogP contribution in [-0.4, -0.2) is 0 Å².